The van der Waals surface area contributed by atoms with Gasteiger partial charge in [0.2, 0.25) is 0 Å². The lowest BCUT2D eigenvalue weighted by Gasteiger charge is -2.15. The minimum Gasteiger partial charge on any atom is -0.487 e. The molecule has 0 saturated carbocycles. The van der Waals surface area contributed by atoms with E-state index in [0.717, 1.165) is 6.26 Å². The minimum absolute atomic E-state index is 0.104. The largest absolute Gasteiger partial charge is 0.487 e. The molecule has 0 saturated heterocycles. The molecule has 2 aromatic rings. The van der Waals surface area contributed by atoms with E-state index in [1.54, 1.807) is 18.2 Å². The van der Waals surface area contributed by atoms with Crippen LogP contribution in [0.1, 0.15) is 5.56 Å². The molecule has 212 valence electrons. The van der Waals surface area contributed by atoms with E-state index >= 15 is 0 Å². The smallest absolute Gasteiger partial charge is 0.264 e. The van der Waals surface area contributed by atoms with Crippen molar-refractivity contribution in [2.45, 2.75) is 6.61 Å². The summed E-state index contributed by atoms with van der Waals surface area (Å²) in [7, 11) is -3.57. The van der Waals surface area contributed by atoms with E-state index in [1.165, 1.54) is 0 Å². The summed E-state index contributed by atoms with van der Waals surface area (Å²) in [6.07, 6.45) is 1.00. The molecule has 0 aromatic heterocycles. The molecule has 0 fully saturated rings. The van der Waals surface area contributed by atoms with Crippen molar-refractivity contribution in [2.75, 3.05) is 85.5 Å². The highest BCUT2D eigenvalue weighted by atomic mass is 32.2. The maximum Gasteiger partial charge on any atom is 0.264 e. The fraction of sp³-hybridized carbons (Fsp3) is 0.538. The molecule has 0 amide bonds. The number of hydrogen-bond acceptors (Lipinski definition) is 11. The Morgan fingerprint density at radius 1 is 0.579 bits per heavy atom. The Balaban J connectivity index is 1.51. The maximum absolute atomic E-state index is 11.3. The van der Waals surface area contributed by atoms with Crippen LogP contribution >= 0.6 is 0 Å². The first-order valence-corrected chi connectivity index (χ1v) is 14.2. The number of hydrogen-bond donors (Lipinski definition) is 0. The number of rotatable bonds is 3. The fourth-order valence-electron chi connectivity index (χ4n) is 3.22. The highest BCUT2D eigenvalue weighted by molar-refractivity contribution is 7.85. The van der Waals surface area contributed by atoms with E-state index in [0.29, 0.717) is 101 Å². The Bertz CT molecular complexity index is 1050. The van der Waals surface area contributed by atoms with Crippen LogP contribution in [0.3, 0.4) is 0 Å². The molecule has 0 spiro atoms. The molecular weight excluding hydrogens is 520 g/mol. The van der Waals surface area contributed by atoms with Gasteiger partial charge in [0, 0.05) is 0 Å². The van der Waals surface area contributed by atoms with Crippen molar-refractivity contribution in [2.24, 2.45) is 0 Å². The van der Waals surface area contributed by atoms with Crippen LogP contribution in [0.4, 0.5) is 0 Å². The van der Waals surface area contributed by atoms with Gasteiger partial charge in [-0.05, 0) is 29.8 Å². The van der Waals surface area contributed by atoms with E-state index in [4.69, 9.17) is 42.1 Å². The van der Waals surface area contributed by atoms with Gasteiger partial charge < -0.3 is 37.9 Å². The first-order chi connectivity index (χ1) is 18.5. The molecule has 0 radical (unpaired) electrons. The van der Waals surface area contributed by atoms with Crippen molar-refractivity contribution < 1.29 is 50.5 Å². The zero-order chi connectivity index (χ0) is 26.9. The van der Waals surface area contributed by atoms with Crippen LogP contribution in [0.2, 0.25) is 0 Å². The van der Waals surface area contributed by atoms with Gasteiger partial charge in [0.25, 0.3) is 10.1 Å². The van der Waals surface area contributed by atoms with Crippen molar-refractivity contribution in [3.63, 3.8) is 0 Å². The van der Waals surface area contributed by atoms with Gasteiger partial charge in [-0.3, -0.25) is 4.18 Å². The zero-order valence-electron chi connectivity index (χ0n) is 21.6. The van der Waals surface area contributed by atoms with Crippen molar-refractivity contribution in [1.29, 1.82) is 0 Å². The second kappa shape index (κ2) is 17.1. The highest BCUT2D eigenvalue weighted by Gasteiger charge is 2.10. The topological polar surface area (TPSA) is 117 Å². The highest BCUT2D eigenvalue weighted by Crippen LogP contribution is 2.29. The van der Waals surface area contributed by atoms with Crippen molar-refractivity contribution in [3.8, 4) is 23.0 Å². The monoisotopic (exact) mass is 556 g/mol. The van der Waals surface area contributed by atoms with Crippen LogP contribution in [-0.2, 0) is 39.9 Å². The van der Waals surface area contributed by atoms with E-state index in [9.17, 15) is 8.42 Å². The molecule has 0 bridgehead atoms. The summed E-state index contributed by atoms with van der Waals surface area (Å²) < 4.78 is 73.0. The molecule has 0 unspecified atom stereocenters. The molecule has 12 heteroatoms. The summed E-state index contributed by atoms with van der Waals surface area (Å²) in [5.41, 5.74) is 0.627. The van der Waals surface area contributed by atoms with Gasteiger partial charge >= 0.3 is 0 Å². The predicted octanol–water partition coefficient (Wildman–Crippen LogP) is 2.46. The summed E-state index contributed by atoms with van der Waals surface area (Å²) >= 11 is 0. The summed E-state index contributed by atoms with van der Waals surface area (Å²) in [5, 5.41) is 0. The molecular formula is C26H36O11S. The summed E-state index contributed by atoms with van der Waals surface area (Å²) in [5.74, 6) is 2.25. The van der Waals surface area contributed by atoms with Crippen LogP contribution in [0.15, 0.2) is 42.5 Å². The van der Waals surface area contributed by atoms with Crippen molar-refractivity contribution in [1.82, 2.24) is 0 Å². The molecule has 38 heavy (non-hydrogen) atoms. The summed E-state index contributed by atoms with van der Waals surface area (Å²) in [6.45, 7) is 4.34. The van der Waals surface area contributed by atoms with Crippen LogP contribution in [0.5, 0.6) is 23.0 Å². The van der Waals surface area contributed by atoms with Gasteiger partial charge in [-0.1, -0.05) is 18.2 Å². The zero-order valence-corrected chi connectivity index (χ0v) is 22.4. The molecule has 2 aromatic carbocycles. The maximum atomic E-state index is 11.3. The molecule has 1 aliphatic heterocycles. The molecule has 1 heterocycles. The van der Waals surface area contributed by atoms with Crippen molar-refractivity contribution in [3.05, 3.63) is 48.0 Å². The van der Waals surface area contributed by atoms with E-state index in [2.05, 4.69) is 0 Å². The number of benzene rings is 2. The average molecular weight is 557 g/mol. The minimum atomic E-state index is -3.57. The molecule has 0 atom stereocenters. The van der Waals surface area contributed by atoms with Gasteiger partial charge in [0.05, 0.1) is 65.7 Å². The van der Waals surface area contributed by atoms with E-state index in [1.807, 2.05) is 24.3 Å². The first kappa shape index (κ1) is 29.9. The quantitative estimate of drug-likeness (QED) is 0.519. The van der Waals surface area contributed by atoms with E-state index in [-0.39, 0.29) is 13.2 Å². The van der Waals surface area contributed by atoms with Crippen LogP contribution in [0.25, 0.3) is 0 Å². The molecule has 1 aliphatic rings. The normalized spacial score (nSPS) is 17.7. The van der Waals surface area contributed by atoms with Gasteiger partial charge in [0.1, 0.15) is 26.4 Å². The lowest BCUT2D eigenvalue weighted by molar-refractivity contribution is 0.0223. The first-order valence-electron chi connectivity index (χ1n) is 12.4. The lowest BCUT2D eigenvalue weighted by atomic mass is 10.2. The van der Waals surface area contributed by atoms with Gasteiger partial charge in [-0.2, -0.15) is 8.42 Å². The Hall–Kier alpha value is -2.61. The Morgan fingerprint density at radius 2 is 0.974 bits per heavy atom. The number of fused-ring (bicyclic) bond motifs is 2. The second-order valence-electron chi connectivity index (χ2n) is 8.04. The Kier molecular flexibility index (Phi) is 13.5. The standard InChI is InChI=1S/C26H36O11S/c1-38(27,28)37-21-22-6-7-25-26(20-22)36-19-15-32-11-10-30-13-17-34-24-5-3-2-4-23(24)33-16-12-29-8-9-31-14-18-35-25/h2-7,20H,8-19,21H2,1H3. The van der Waals surface area contributed by atoms with Crippen molar-refractivity contribution >= 4 is 10.1 Å². The third kappa shape index (κ3) is 12.3. The average Bonchev–Trinajstić information content (AvgIpc) is 2.90. The molecule has 0 aliphatic carbocycles. The van der Waals surface area contributed by atoms with Gasteiger partial charge in [-0.15, -0.1) is 0 Å². The third-order valence-electron chi connectivity index (χ3n) is 4.98. The van der Waals surface area contributed by atoms with Gasteiger partial charge in [0.15, 0.2) is 23.0 Å². The Labute approximate surface area is 223 Å². The Morgan fingerprint density at radius 3 is 1.42 bits per heavy atom. The second-order valence-corrected chi connectivity index (χ2v) is 9.68. The summed E-state index contributed by atoms with van der Waals surface area (Å²) in [6, 6.07) is 12.6. The van der Waals surface area contributed by atoms with Crippen LogP contribution < -0.4 is 18.9 Å². The summed E-state index contributed by atoms with van der Waals surface area (Å²) in [4.78, 5) is 0. The van der Waals surface area contributed by atoms with E-state index < -0.39 is 10.1 Å². The molecule has 0 N–H and O–H groups in total. The fourth-order valence-corrected chi connectivity index (χ4v) is 3.57. The SMILES string of the molecule is CS(=O)(=O)OCc1ccc2c(c1)OCCOCCOCCOc1ccccc1OCCOCCOCCO2. The van der Waals surface area contributed by atoms with Gasteiger partial charge in [-0.25, -0.2) is 0 Å². The number of para-hydroxylation sites is 2. The number of ether oxygens (including phenoxy) is 8. The van der Waals surface area contributed by atoms with Crippen LogP contribution in [-0.4, -0.2) is 94.0 Å². The third-order valence-corrected chi connectivity index (χ3v) is 5.53. The lowest BCUT2D eigenvalue weighted by Crippen LogP contribution is -2.15. The molecule has 3 rings (SSSR count). The predicted molar refractivity (Wildman–Crippen MR) is 138 cm³/mol. The van der Waals surface area contributed by atoms with Crippen LogP contribution in [0, 0.1) is 0 Å². The molecule has 11 nitrogen and oxygen atoms in total.